The number of carbonyl (C=O) groups excluding carboxylic acids is 1. The normalized spacial score (nSPS) is 14.0. The lowest BCUT2D eigenvalue weighted by Crippen LogP contribution is -2.36. The minimum Gasteiger partial charge on any atom is -0.378 e. The fraction of sp³-hybridized carbons (Fsp3) is 0.348. The van der Waals surface area contributed by atoms with Crippen LogP contribution in [0.3, 0.4) is 0 Å². The number of anilines is 1. The quantitative estimate of drug-likeness (QED) is 0.652. The number of nitrogens with one attached hydrogen (secondary N) is 1. The number of benzene rings is 2. The minimum atomic E-state index is -0.502. The number of H-pyrrole nitrogens is 1. The largest absolute Gasteiger partial charge is 0.378 e. The number of ether oxygens (including phenoxy) is 1. The lowest BCUT2D eigenvalue weighted by atomic mass is 10.1. The zero-order valence-electron chi connectivity index (χ0n) is 17.5. The molecule has 1 amide bonds. The van der Waals surface area contributed by atoms with Crippen molar-refractivity contribution in [2.24, 2.45) is 0 Å². The van der Waals surface area contributed by atoms with Crippen molar-refractivity contribution >= 4 is 22.5 Å². The number of aromatic nitrogens is 2. The van der Waals surface area contributed by atoms with Gasteiger partial charge in [0.1, 0.15) is 0 Å². The highest BCUT2D eigenvalue weighted by Gasteiger charge is 2.14. The molecular formula is C23H26N4O4. The highest BCUT2D eigenvalue weighted by molar-refractivity contribution is 5.78. The second-order valence-corrected chi connectivity index (χ2v) is 7.69. The van der Waals surface area contributed by atoms with Crippen molar-refractivity contribution in [3.8, 4) is 0 Å². The van der Waals surface area contributed by atoms with Crippen LogP contribution in [0.4, 0.5) is 5.69 Å². The maximum atomic E-state index is 12.7. The summed E-state index contributed by atoms with van der Waals surface area (Å²) in [5.74, 6) is -0.0700. The Kier molecular flexibility index (Phi) is 6.18. The highest BCUT2D eigenvalue weighted by Crippen LogP contribution is 2.17. The topological polar surface area (TPSA) is 87.6 Å². The van der Waals surface area contributed by atoms with Gasteiger partial charge in [-0.2, -0.15) is 0 Å². The van der Waals surface area contributed by atoms with E-state index in [1.54, 1.807) is 36.2 Å². The van der Waals surface area contributed by atoms with E-state index in [0.717, 1.165) is 37.6 Å². The summed E-state index contributed by atoms with van der Waals surface area (Å²) in [4.78, 5) is 43.2. The number of amides is 1. The molecule has 0 aliphatic carbocycles. The van der Waals surface area contributed by atoms with Crippen LogP contribution in [0.1, 0.15) is 12.0 Å². The van der Waals surface area contributed by atoms with Crippen LogP contribution in [0.15, 0.2) is 58.1 Å². The third-order valence-corrected chi connectivity index (χ3v) is 5.61. The van der Waals surface area contributed by atoms with Crippen molar-refractivity contribution in [3.05, 3.63) is 74.9 Å². The fourth-order valence-corrected chi connectivity index (χ4v) is 3.86. The van der Waals surface area contributed by atoms with E-state index in [4.69, 9.17) is 4.74 Å². The SMILES string of the molecule is CN(Cc1ccc(N2CCOCC2)cc1)C(=O)CCn1c(=O)[nH]c(=O)c2ccccc21. The number of morpholine rings is 1. The number of aryl methyl sites for hydroxylation is 1. The Morgan fingerprint density at radius 3 is 2.52 bits per heavy atom. The van der Waals surface area contributed by atoms with Gasteiger partial charge in [-0.15, -0.1) is 0 Å². The fourth-order valence-electron chi connectivity index (χ4n) is 3.86. The van der Waals surface area contributed by atoms with Crippen LogP contribution in [-0.2, 0) is 22.6 Å². The van der Waals surface area contributed by atoms with Gasteiger partial charge in [0.05, 0.1) is 24.1 Å². The van der Waals surface area contributed by atoms with Gasteiger partial charge >= 0.3 is 5.69 Å². The first-order valence-corrected chi connectivity index (χ1v) is 10.4. The van der Waals surface area contributed by atoms with Crippen molar-refractivity contribution in [3.63, 3.8) is 0 Å². The summed E-state index contributed by atoms with van der Waals surface area (Å²) in [5, 5.41) is 0.434. The van der Waals surface area contributed by atoms with Crippen LogP contribution in [0.25, 0.3) is 10.9 Å². The second kappa shape index (κ2) is 9.18. The van der Waals surface area contributed by atoms with Crippen molar-refractivity contribution in [2.45, 2.75) is 19.5 Å². The molecule has 8 heteroatoms. The molecule has 1 saturated heterocycles. The van der Waals surface area contributed by atoms with Crippen molar-refractivity contribution in [2.75, 3.05) is 38.3 Å². The summed E-state index contributed by atoms with van der Waals surface area (Å²) in [6, 6.07) is 15.1. The first-order chi connectivity index (χ1) is 15.0. The Morgan fingerprint density at radius 2 is 1.77 bits per heavy atom. The van der Waals surface area contributed by atoms with Gasteiger partial charge in [0.15, 0.2) is 0 Å². The number of nitrogens with zero attached hydrogens (tertiary/aromatic N) is 3. The summed E-state index contributed by atoms with van der Waals surface area (Å²) in [7, 11) is 1.76. The molecule has 31 heavy (non-hydrogen) atoms. The van der Waals surface area contributed by atoms with Crippen LogP contribution in [-0.4, -0.2) is 53.7 Å². The first-order valence-electron chi connectivity index (χ1n) is 10.4. The summed E-state index contributed by atoms with van der Waals surface area (Å²) in [6.45, 7) is 3.95. The molecule has 0 unspecified atom stereocenters. The third kappa shape index (κ3) is 4.69. The van der Waals surface area contributed by atoms with Gasteiger partial charge in [0.25, 0.3) is 5.56 Å². The van der Waals surface area contributed by atoms with Crippen molar-refractivity contribution < 1.29 is 9.53 Å². The molecule has 8 nitrogen and oxygen atoms in total. The molecule has 1 aliphatic rings. The average Bonchev–Trinajstić information content (AvgIpc) is 2.80. The maximum absolute atomic E-state index is 12.7. The van der Waals surface area contributed by atoms with Crippen LogP contribution < -0.4 is 16.1 Å². The predicted octanol–water partition coefficient (Wildman–Crippen LogP) is 1.58. The lowest BCUT2D eigenvalue weighted by molar-refractivity contribution is -0.130. The molecule has 0 atom stereocenters. The van der Waals surface area contributed by atoms with Crippen molar-refractivity contribution in [1.82, 2.24) is 14.5 Å². The lowest BCUT2D eigenvalue weighted by Gasteiger charge is -2.29. The molecule has 2 aromatic carbocycles. The van der Waals surface area contributed by atoms with Gasteiger partial charge in [0.2, 0.25) is 5.91 Å². The Balaban J connectivity index is 1.39. The van der Waals surface area contributed by atoms with Gasteiger partial charge < -0.3 is 14.5 Å². The third-order valence-electron chi connectivity index (χ3n) is 5.61. The minimum absolute atomic E-state index is 0.0700. The van der Waals surface area contributed by atoms with E-state index in [1.807, 2.05) is 12.1 Å². The summed E-state index contributed by atoms with van der Waals surface area (Å²) in [5.41, 5.74) is 1.81. The van der Waals surface area contributed by atoms with E-state index >= 15 is 0 Å². The van der Waals surface area contributed by atoms with Gasteiger partial charge in [-0.25, -0.2) is 4.79 Å². The number of rotatable bonds is 6. The number of hydrogen-bond acceptors (Lipinski definition) is 5. The number of hydrogen-bond donors (Lipinski definition) is 1. The van der Waals surface area contributed by atoms with Gasteiger partial charge in [-0.05, 0) is 29.8 Å². The standard InChI is InChI=1S/C23H26N4O4/c1-25(16-17-6-8-18(9-7-17)26-12-14-31-15-13-26)21(28)10-11-27-20-5-3-2-4-19(20)22(29)24-23(27)30/h2-9H,10-16H2,1H3,(H,24,29,30). The molecule has 1 aliphatic heterocycles. The number of fused-ring (bicyclic) bond motifs is 1. The number of para-hydroxylation sites is 1. The Labute approximate surface area is 179 Å². The smallest absolute Gasteiger partial charge is 0.328 e. The summed E-state index contributed by atoms with van der Waals surface area (Å²) < 4.78 is 6.84. The van der Waals surface area contributed by atoms with Crippen LogP contribution in [0, 0.1) is 0 Å². The molecular weight excluding hydrogens is 396 g/mol. The average molecular weight is 422 g/mol. The number of carbonyl (C=O) groups is 1. The number of aromatic amines is 1. The van der Waals surface area contributed by atoms with Gasteiger partial charge in [-0.3, -0.25) is 19.1 Å². The predicted molar refractivity (Wildman–Crippen MR) is 119 cm³/mol. The maximum Gasteiger partial charge on any atom is 0.328 e. The van der Waals surface area contributed by atoms with Crippen LogP contribution >= 0.6 is 0 Å². The van der Waals surface area contributed by atoms with E-state index in [9.17, 15) is 14.4 Å². The van der Waals surface area contributed by atoms with Gasteiger partial charge in [0, 0.05) is 45.3 Å². The summed E-state index contributed by atoms with van der Waals surface area (Å²) in [6.07, 6.45) is 0.165. The van der Waals surface area contributed by atoms with E-state index in [-0.39, 0.29) is 18.9 Å². The summed E-state index contributed by atoms with van der Waals surface area (Å²) >= 11 is 0. The molecule has 1 aromatic heterocycles. The zero-order chi connectivity index (χ0) is 21.8. The molecule has 0 saturated carbocycles. The van der Waals surface area contributed by atoms with Crippen molar-refractivity contribution in [1.29, 1.82) is 0 Å². The molecule has 162 valence electrons. The van der Waals surface area contributed by atoms with E-state index in [0.29, 0.717) is 17.4 Å². The Bertz CT molecular complexity index is 1180. The molecule has 1 N–H and O–H groups in total. The molecule has 0 bridgehead atoms. The van der Waals surface area contributed by atoms with E-state index in [1.165, 1.54) is 4.57 Å². The second-order valence-electron chi connectivity index (χ2n) is 7.69. The molecule has 4 rings (SSSR count). The highest BCUT2D eigenvalue weighted by atomic mass is 16.5. The molecule has 0 radical (unpaired) electrons. The van der Waals surface area contributed by atoms with Crippen LogP contribution in [0.2, 0.25) is 0 Å². The monoisotopic (exact) mass is 422 g/mol. The molecule has 3 aromatic rings. The van der Waals surface area contributed by atoms with Gasteiger partial charge in [-0.1, -0.05) is 24.3 Å². The first kappa shape index (κ1) is 20.9. The van der Waals surface area contributed by atoms with E-state index in [2.05, 4.69) is 22.0 Å². The molecule has 0 spiro atoms. The zero-order valence-corrected chi connectivity index (χ0v) is 17.5. The van der Waals surface area contributed by atoms with Crippen LogP contribution in [0.5, 0.6) is 0 Å². The molecule has 1 fully saturated rings. The Hall–Kier alpha value is -3.39. The van der Waals surface area contributed by atoms with E-state index < -0.39 is 11.2 Å². The Morgan fingerprint density at radius 1 is 1.06 bits per heavy atom. The molecule has 2 heterocycles.